The summed E-state index contributed by atoms with van der Waals surface area (Å²) in [6.45, 7) is 1.40. The molecule has 1 aromatic carbocycles. The first kappa shape index (κ1) is 19.1. The zero-order chi connectivity index (χ0) is 19.6. The fourth-order valence-electron chi connectivity index (χ4n) is 3.06. The lowest BCUT2D eigenvalue weighted by atomic mass is 10.3. The second-order valence-electron chi connectivity index (χ2n) is 6.26. The van der Waals surface area contributed by atoms with Crippen LogP contribution in [0.2, 0.25) is 0 Å². The number of anilines is 1. The summed E-state index contributed by atoms with van der Waals surface area (Å²) < 4.78 is 37.5. The number of amides is 1. The lowest BCUT2D eigenvalue weighted by Gasteiger charge is -2.20. The normalized spacial score (nSPS) is 14.3. The molecule has 8 nitrogen and oxygen atoms in total. The van der Waals surface area contributed by atoms with Crippen LogP contribution in [0.15, 0.2) is 35.4 Å². The number of sulfonamides is 1. The Hall–Kier alpha value is -2.68. The van der Waals surface area contributed by atoms with Gasteiger partial charge < -0.3 is 19.4 Å². The predicted octanol–water partition coefficient (Wildman–Crippen LogP) is 2.09. The van der Waals surface area contributed by atoms with Crippen molar-refractivity contribution in [2.24, 2.45) is 0 Å². The third-order valence-corrected chi connectivity index (χ3v) is 6.43. The van der Waals surface area contributed by atoms with Gasteiger partial charge in [0.2, 0.25) is 0 Å². The molecular weight excluding hydrogens is 370 g/mol. The number of aromatic nitrogens is 1. The average Bonchev–Trinajstić information content (AvgIpc) is 3.38. The molecule has 1 aliphatic rings. The van der Waals surface area contributed by atoms with Crippen molar-refractivity contribution in [3.05, 3.63) is 36.2 Å². The van der Waals surface area contributed by atoms with E-state index in [2.05, 4.69) is 4.98 Å². The van der Waals surface area contributed by atoms with Gasteiger partial charge in [-0.2, -0.15) is 0 Å². The standard InChI is InChI=1S/C18H23N3O5S/c1-20(13-6-7-16(25-2)17(10-13)26-3)27(23,24)14-11-15(19-12-14)18(22)21-8-4-5-9-21/h6-7,10-12,19H,4-5,8-9H2,1-3H3. The zero-order valence-electron chi connectivity index (χ0n) is 15.6. The Morgan fingerprint density at radius 3 is 2.41 bits per heavy atom. The van der Waals surface area contributed by atoms with Gasteiger partial charge in [-0.3, -0.25) is 9.10 Å². The van der Waals surface area contributed by atoms with Crippen molar-refractivity contribution in [2.45, 2.75) is 17.7 Å². The van der Waals surface area contributed by atoms with Gasteiger partial charge in [0.1, 0.15) is 10.6 Å². The minimum absolute atomic E-state index is 0.0299. The molecule has 1 aliphatic heterocycles. The number of nitrogens with one attached hydrogen (secondary N) is 1. The molecule has 0 unspecified atom stereocenters. The molecule has 27 heavy (non-hydrogen) atoms. The maximum atomic E-state index is 13.0. The molecule has 0 atom stereocenters. The second-order valence-corrected chi connectivity index (χ2v) is 8.23. The fourth-order valence-corrected chi connectivity index (χ4v) is 4.24. The van der Waals surface area contributed by atoms with Crippen molar-refractivity contribution in [3.8, 4) is 11.5 Å². The van der Waals surface area contributed by atoms with Gasteiger partial charge in [0.15, 0.2) is 11.5 Å². The quantitative estimate of drug-likeness (QED) is 0.811. The average molecular weight is 393 g/mol. The lowest BCUT2D eigenvalue weighted by molar-refractivity contribution is 0.0787. The van der Waals surface area contributed by atoms with Gasteiger partial charge in [0.05, 0.1) is 19.9 Å². The Bertz CT molecular complexity index is 932. The Labute approximate surface area is 158 Å². The number of carbonyl (C=O) groups is 1. The number of likely N-dealkylation sites (tertiary alicyclic amines) is 1. The van der Waals surface area contributed by atoms with Gasteiger partial charge >= 0.3 is 0 Å². The number of H-pyrrole nitrogens is 1. The van der Waals surface area contributed by atoms with E-state index in [-0.39, 0.29) is 16.5 Å². The molecule has 3 rings (SSSR count). The first-order chi connectivity index (χ1) is 12.9. The van der Waals surface area contributed by atoms with E-state index in [1.165, 1.54) is 33.5 Å². The van der Waals surface area contributed by atoms with E-state index in [9.17, 15) is 13.2 Å². The van der Waals surface area contributed by atoms with Gasteiger partial charge in [-0.05, 0) is 31.0 Å². The van der Waals surface area contributed by atoms with Gasteiger partial charge in [-0.15, -0.1) is 0 Å². The van der Waals surface area contributed by atoms with Crippen molar-refractivity contribution in [2.75, 3.05) is 38.7 Å². The van der Waals surface area contributed by atoms with Crippen molar-refractivity contribution in [1.29, 1.82) is 0 Å². The van der Waals surface area contributed by atoms with Crippen LogP contribution in [0.3, 0.4) is 0 Å². The number of aromatic amines is 1. The zero-order valence-corrected chi connectivity index (χ0v) is 16.4. The van der Waals surface area contributed by atoms with E-state index < -0.39 is 10.0 Å². The predicted molar refractivity (Wildman–Crippen MR) is 101 cm³/mol. The summed E-state index contributed by atoms with van der Waals surface area (Å²) in [6.07, 6.45) is 3.29. The van der Waals surface area contributed by atoms with E-state index in [0.29, 0.717) is 30.3 Å². The first-order valence-corrected chi connectivity index (χ1v) is 10.0. The van der Waals surface area contributed by atoms with Crippen LogP contribution in [-0.4, -0.2) is 58.6 Å². The first-order valence-electron chi connectivity index (χ1n) is 8.57. The van der Waals surface area contributed by atoms with Crippen molar-refractivity contribution in [1.82, 2.24) is 9.88 Å². The number of methoxy groups -OCH3 is 2. The number of hydrogen-bond donors (Lipinski definition) is 1. The highest BCUT2D eigenvalue weighted by Gasteiger charge is 2.27. The number of ether oxygens (including phenoxy) is 2. The highest BCUT2D eigenvalue weighted by Crippen LogP contribution is 2.33. The molecular formula is C18H23N3O5S. The van der Waals surface area contributed by atoms with Crippen molar-refractivity contribution >= 4 is 21.6 Å². The summed E-state index contributed by atoms with van der Waals surface area (Å²) >= 11 is 0. The molecule has 1 amide bonds. The third kappa shape index (κ3) is 3.59. The largest absolute Gasteiger partial charge is 0.493 e. The maximum absolute atomic E-state index is 13.0. The Kier molecular flexibility index (Phi) is 5.31. The van der Waals surface area contributed by atoms with Gasteiger partial charge in [-0.25, -0.2) is 8.42 Å². The van der Waals surface area contributed by atoms with Crippen molar-refractivity contribution in [3.63, 3.8) is 0 Å². The molecule has 1 aromatic heterocycles. The molecule has 1 saturated heterocycles. The van der Waals surface area contributed by atoms with E-state index >= 15 is 0 Å². The highest BCUT2D eigenvalue weighted by atomic mass is 32.2. The van der Waals surface area contributed by atoms with Crippen LogP contribution < -0.4 is 13.8 Å². The molecule has 0 bridgehead atoms. The molecule has 9 heteroatoms. The molecule has 0 radical (unpaired) electrons. The Morgan fingerprint density at radius 1 is 1.11 bits per heavy atom. The molecule has 0 saturated carbocycles. The summed E-state index contributed by atoms with van der Waals surface area (Å²) in [6, 6.07) is 6.23. The second kappa shape index (κ2) is 7.51. The van der Waals surface area contributed by atoms with Crippen LogP contribution in [-0.2, 0) is 10.0 Å². The summed E-state index contributed by atoms with van der Waals surface area (Å²) in [5.41, 5.74) is 0.692. The minimum Gasteiger partial charge on any atom is -0.493 e. The van der Waals surface area contributed by atoms with E-state index in [1.54, 1.807) is 23.1 Å². The van der Waals surface area contributed by atoms with Crippen LogP contribution in [0.25, 0.3) is 0 Å². The molecule has 1 fully saturated rings. The monoisotopic (exact) mass is 393 g/mol. The maximum Gasteiger partial charge on any atom is 0.270 e. The molecule has 2 heterocycles. The van der Waals surface area contributed by atoms with Crippen LogP contribution in [0.1, 0.15) is 23.3 Å². The molecule has 2 aromatic rings. The van der Waals surface area contributed by atoms with Gasteiger partial charge in [0.25, 0.3) is 15.9 Å². The van der Waals surface area contributed by atoms with Crippen LogP contribution >= 0.6 is 0 Å². The number of rotatable bonds is 6. The number of nitrogens with zero attached hydrogens (tertiary/aromatic N) is 2. The number of carbonyl (C=O) groups excluding carboxylic acids is 1. The molecule has 0 aliphatic carbocycles. The van der Waals surface area contributed by atoms with Crippen LogP contribution in [0.4, 0.5) is 5.69 Å². The Balaban J connectivity index is 1.87. The van der Waals surface area contributed by atoms with E-state index in [1.807, 2.05) is 0 Å². The van der Waals surface area contributed by atoms with Crippen LogP contribution in [0.5, 0.6) is 11.5 Å². The fraction of sp³-hybridized carbons (Fsp3) is 0.389. The number of benzene rings is 1. The van der Waals surface area contributed by atoms with Gasteiger partial charge in [0, 0.05) is 32.4 Å². The molecule has 0 spiro atoms. The third-order valence-electron chi connectivity index (χ3n) is 4.67. The lowest BCUT2D eigenvalue weighted by Crippen LogP contribution is -2.28. The summed E-state index contributed by atoms with van der Waals surface area (Å²) in [5.74, 6) is 0.755. The van der Waals surface area contributed by atoms with E-state index in [0.717, 1.165) is 17.1 Å². The molecule has 1 N–H and O–H groups in total. The minimum atomic E-state index is -3.84. The van der Waals surface area contributed by atoms with Gasteiger partial charge in [-0.1, -0.05) is 0 Å². The highest BCUT2D eigenvalue weighted by molar-refractivity contribution is 7.92. The molecule has 146 valence electrons. The summed E-state index contributed by atoms with van der Waals surface area (Å²) in [7, 11) is 0.607. The van der Waals surface area contributed by atoms with Crippen molar-refractivity contribution < 1.29 is 22.7 Å². The smallest absolute Gasteiger partial charge is 0.270 e. The van der Waals surface area contributed by atoms with Crippen LogP contribution in [0, 0.1) is 0 Å². The summed E-state index contributed by atoms with van der Waals surface area (Å²) in [4.78, 5) is 17.0. The number of hydrogen-bond acceptors (Lipinski definition) is 5. The van der Waals surface area contributed by atoms with E-state index in [4.69, 9.17) is 9.47 Å². The Morgan fingerprint density at radius 2 is 1.78 bits per heavy atom. The summed E-state index contributed by atoms with van der Waals surface area (Å²) in [5, 5.41) is 0. The topological polar surface area (TPSA) is 91.9 Å². The SMILES string of the molecule is COc1ccc(N(C)S(=O)(=O)c2c[nH]c(C(=O)N3CCCC3)c2)cc1OC.